The minimum absolute atomic E-state index is 0.0207. The molecule has 0 aliphatic carbocycles. The molecule has 0 aliphatic heterocycles. The molecule has 2 N–H and O–H groups in total. The molecular weight excluding hydrogens is 533 g/mol. The van der Waals surface area contributed by atoms with Crippen molar-refractivity contribution in [2.24, 2.45) is 7.05 Å². The van der Waals surface area contributed by atoms with E-state index in [0.717, 1.165) is 41.0 Å². The zero-order chi connectivity index (χ0) is 28.0. The van der Waals surface area contributed by atoms with Crippen molar-refractivity contribution in [2.45, 2.75) is 25.2 Å². The second-order valence-electron chi connectivity index (χ2n) is 7.86. The molecule has 2 aromatic carbocycles. The summed E-state index contributed by atoms with van der Waals surface area (Å²) in [4.78, 5) is 30.4. The number of aryl methyl sites for hydroxylation is 1. The van der Waals surface area contributed by atoms with E-state index >= 15 is 0 Å². The van der Waals surface area contributed by atoms with E-state index in [1.54, 1.807) is 0 Å². The number of aromatic amines is 1. The quantitative estimate of drug-likeness (QED) is 0.355. The summed E-state index contributed by atoms with van der Waals surface area (Å²) >= 11 is 0. The first-order valence-electron chi connectivity index (χ1n) is 10.4. The van der Waals surface area contributed by atoms with Crippen LogP contribution in [0.4, 0.5) is 30.7 Å². The van der Waals surface area contributed by atoms with Gasteiger partial charge in [-0.25, -0.2) is 14.2 Å². The van der Waals surface area contributed by atoms with E-state index in [1.807, 2.05) is 4.98 Å². The van der Waals surface area contributed by atoms with Gasteiger partial charge in [0.25, 0.3) is 5.56 Å². The summed E-state index contributed by atoms with van der Waals surface area (Å²) < 4.78 is 101. The maximum Gasteiger partial charge on any atom is 0.573 e. The van der Waals surface area contributed by atoms with E-state index in [4.69, 9.17) is 4.74 Å². The van der Waals surface area contributed by atoms with Crippen LogP contribution >= 0.6 is 0 Å². The van der Waals surface area contributed by atoms with Gasteiger partial charge in [-0.2, -0.15) is 13.2 Å². The summed E-state index contributed by atoms with van der Waals surface area (Å²) in [6.07, 6.45) is -12.9. The zero-order valence-corrected chi connectivity index (χ0v) is 18.9. The average Bonchev–Trinajstić information content (AvgIpc) is 3.15. The van der Waals surface area contributed by atoms with E-state index in [1.165, 1.54) is 13.1 Å². The first-order chi connectivity index (χ1) is 17.6. The van der Waals surface area contributed by atoms with Crippen LogP contribution < -0.4 is 20.7 Å². The molecule has 202 valence electrons. The molecule has 0 radical (unpaired) electrons. The Morgan fingerprint density at radius 2 is 1.66 bits per heavy atom. The number of aliphatic hydroxyl groups excluding tert-OH is 1. The summed E-state index contributed by atoms with van der Waals surface area (Å²) in [5.41, 5.74) is -2.95. The molecule has 4 aromatic rings. The third-order valence-electron chi connectivity index (χ3n) is 5.22. The van der Waals surface area contributed by atoms with Gasteiger partial charge < -0.3 is 19.1 Å². The molecule has 0 amide bonds. The van der Waals surface area contributed by atoms with Crippen LogP contribution in [0.2, 0.25) is 0 Å². The van der Waals surface area contributed by atoms with Crippen LogP contribution in [0.25, 0.3) is 22.6 Å². The summed E-state index contributed by atoms with van der Waals surface area (Å²) in [6, 6.07) is 7.51. The van der Waals surface area contributed by atoms with Gasteiger partial charge in [0.05, 0.1) is 6.54 Å². The van der Waals surface area contributed by atoms with Gasteiger partial charge in [-0.05, 0) is 42.5 Å². The van der Waals surface area contributed by atoms with Crippen LogP contribution in [0.1, 0.15) is 0 Å². The van der Waals surface area contributed by atoms with E-state index in [9.17, 15) is 45.4 Å². The SMILES string of the molecule is Cn1c(-c2ccc(Oc3ccc(OC(F)(F)F)cc3)c(F)c2)nc2c1c(=O)[nH]c(=O)n2CC(O)C(F)(F)F. The lowest BCUT2D eigenvalue weighted by molar-refractivity contribution is -0.274. The van der Waals surface area contributed by atoms with E-state index < -0.39 is 53.7 Å². The molecular formula is C22H15F7N4O5. The maximum absolute atomic E-state index is 14.8. The van der Waals surface area contributed by atoms with E-state index in [-0.39, 0.29) is 28.4 Å². The monoisotopic (exact) mass is 548 g/mol. The Labute approximate surface area is 206 Å². The third kappa shape index (κ3) is 5.49. The number of benzene rings is 2. The average molecular weight is 548 g/mol. The molecule has 1 unspecified atom stereocenters. The number of nitrogens with one attached hydrogen (secondary N) is 1. The Kier molecular flexibility index (Phi) is 6.69. The molecule has 0 fully saturated rings. The molecule has 16 heteroatoms. The fraction of sp³-hybridized carbons (Fsp3) is 0.227. The predicted octanol–water partition coefficient (Wildman–Crippen LogP) is 3.84. The van der Waals surface area contributed by atoms with Gasteiger partial charge in [-0.15, -0.1) is 13.2 Å². The van der Waals surface area contributed by atoms with Crippen LogP contribution in [-0.2, 0) is 13.6 Å². The molecule has 2 aromatic heterocycles. The highest BCUT2D eigenvalue weighted by atomic mass is 19.4. The molecule has 2 heterocycles. The smallest absolute Gasteiger partial charge is 0.454 e. The number of imidazole rings is 1. The van der Waals surface area contributed by atoms with E-state index in [0.29, 0.717) is 4.57 Å². The molecule has 0 aliphatic rings. The Morgan fingerprint density at radius 3 is 2.24 bits per heavy atom. The lowest BCUT2D eigenvalue weighted by Gasteiger charge is -2.15. The van der Waals surface area contributed by atoms with Crippen molar-refractivity contribution >= 4 is 11.2 Å². The summed E-state index contributed by atoms with van der Waals surface area (Å²) in [6.45, 7) is -1.25. The van der Waals surface area contributed by atoms with Crippen molar-refractivity contribution in [3.05, 3.63) is 69.1 Å². The number of hydrogen-bond acceptors (Lipinski definition) is 6. The summed E-state index contributed by atoms with van der Waals surface area (Å²) in [5, 5.41) is 9.41. The van der Waals surface area contributed by atoms with Gasteiger partial charge in [-0.3, -0.25) is 14.3 Å². The number of H-pyrrole nitrogens is 1. The normalized spacial score (nSPS) is 13.1. The van der Waals surface area contributed by atoms with Crippen LogP contribution in [0, 0.1) is 5.82 Å². The zero-order valence-electron chi connectivity index (χ0n) is 18.9. The van der Waals surface area contributed by atoms with Gasteiger partial charge in [0, 0.05) is 12.6 Å². The largest absolute Gasteiger partial charge is 0.573 e. The number of aliphatic hydroxyl groups is 1. The highest BCUT2D eigenvalue weighted by Gasteiger charge is 2.39. The Bertz CT molecular complexity index is 1600. The van der Waals surface area contributed by atoms with Gasteiger partial charge >= 0.3 is 18.2 Å². The predicted molar refractivity (Wildman–Crippen MR) is 116 cm³/mol. The third-order valence-corrected chi connectivity index (χ3v) is 5.22. The minimum Gasteiger partial charge on any atom is -0.454 e. The molecule has 9 nitrogen and oxygen atoms in total. The van der Waals surface area contributed by atoms with Gasteiger partial charge in [0.15, 0.2) is 28.8 Å². The molecule has 0 saturated heterocycles. The highest BCUT2D eigenvalue weighted by molar-refractivity contribution is 5.77. The number of ether oxygens (including phenoxy) is 2. The van der Waals surface area contributed by atoms with Crippen molar-refractivity contribution in [1.82, 2.24) is 19.1 Å². The number of hydrogen-bond donors (Lipinski definition) is 2. The highest BCUT2D eigenvalue weighted by Crippen LogP contribution is 2.31. The first-order valence-corrected chi connectivity index (χ1v) is 10.4. The topological polar surface area (TPSA) is 111 Å². The summed E-state index contributed by atoms with van der Waals surface area (Å²) in [5.74, 6) is -1.93. The molecule has 4 rings (SSSR count). The van der Waals surface area contributed by atoms with Crippen LogP contribution in [-0.4, -0.2) is 42.9 Å². The summed E-state index contributed by atoms with van der Waals surface area (Å²) in [7, 11) is 1.31. The molecule has 0 spiro atoms. The van der Waals surface area contributed by atoms with Gasteiger partial charge in [0.2, 0.25) is 0 Å². The lowest BCUT2D eigenvalue weighted by Crippen LogP contribution is -2.39. The van der Waals surface area contributed by atoms with Crippen molar-refractivity contribution in [3.8, 4) is 28.6 Å². The molecule has 38 heavy (non-hydrogen) atoms. The second-order valence-corrected chi connectivity index (χ2v) is 7.86. The molecule has 1 atom stereocenters. The maximum atomic E-state index is 14.8. The van der Waals surface area contributed by atoms with Crippen molar-refractivity contribution in [1.29, 1.82) is 0 Å². The van der Waals surface area contributed by atoms with Gasteiger partial charge in [-0.1, -0.05) is 0 Å². The number of fused-ring (bicyclic) bond motifs is 1. The van der Waals surface area contributed by atoms with Gasteiger partial charge in [0.1, 0.15) is 17.3 Å². The number of halogens is 7. The van der Waals surface area contributed by atoms with Crippen molar-refractivity contribution in [2.75, 3.05) is 0 Å². The van der Waals surface area contributed by atoms with Crippen LogP contribution in [0.5, 0.6) is 17.2 Å². The second kappa shape index (κ2) is 9.51. The first kappa shape index (κ1) is 26.7. The number of nitrogens with zero attached hydrogens (tertiary/aromatic N) is 3. The van der Waals surface area contributed by atoms with Crippen molar-refractivity contribution in [3.63, 3.8) is 0 Å². The van der Waals surface area contributed by atoms with Crippen LogP contribution in [0.15, 0.2) is 52.1 Å². The molecule has 0 bridgehead atoms. The fourth-order valence-electron chi connectivity index (χ4n) is 3.51. The standard InChI is InChI=1S/C22H15F7N4O5/c1-32-16-18(33(20(36)31-19(16)35)9-15(34)21(24,25)26)30-17(32)10-2-7-14(13(23)8-10)37-11-3-5-12(6-4-11)38-22(27,28)29/h2-8,15,34H,9H2,1H3,(H,31,35,36). The minimum atomic E-state index is -5.05. The molecule has 0 saturated carbocycles. The fourth-order valence-corrected chi connectivity index (χ4v) is 3.51. The number of alkyl halides is 6. The van der Waals surface area contributed by atoms with E-state index in [2.05, 4.69) is 9.72 Å². The van der Waals surface area contributed by atoms with Crippen LogP contribution in [0.3, 0.4) is 0 Å². The Morgan fingerprint density at radius 1 is 1.03 bits per heavy atom. The Balaban J connectivity index is 1.67. The lowest BCUT2D eigenvalue weighted by atomic mass is 10.2. The Hall–Kier alpha value is -4.34. The van der Waals surface area contributed by atoms with Crippen molar-refractivity contribution < 1.29 is 45.3 Å². The number of aromatic nitrogens is 4. The number of rotatable bonds is 6.